The summed E-state index contributed by atoms with van der Waals surface area (Å²) < 4.78 is 3.08. The van der Waals surface area contributed by atoms with Crippen LogP contribution < -0.4 is 5.32 Å². The molecular weight excluding hydrogens is 354 g/mol. The molecule has 1 N–H and O–H groups in total. The van der Waals surface area contributed by atoms with E-state index >= 15 is 0 Å². The van der Waals surface area contributed by atoms with Crippen LogP contribution in [0.5, 0.6) is 0 Å². The Morgan fingerprint density at radius 2 is 2.13 bits per heavy atom. The molecule has 5 nitrogen and oxygen atoms in total. The summed E-state index contributed by atoms with van der Waals surface area (Å²) in [6, 6.07) is 4.02. The first-order valence-corrected chi connectivity index (χ1v) is 9.11. The predicted molar refractivity (Wildman–Crippen MR) is 97.7 cm³/mol. The number of aromatic nitrogens is 2. The van der Waals surface area contributed by atoms with Crippen molar-refractivity contribution in [2.45, 2.75) is 33.2 Å². The Kier molecular flexibility index (Phi) is 5.20. The first-order chi connectivity index (χ1) is 11.2. The molecule has 1 saturated heterocycles. The van der Waals surface area contributed by atoms with Gasteiger partial charge in [-0.05, 0) is 53.7 Å². The van der Waals surface area contributed by atoms with Gasteiger partial charge in [0.2, 0.25) is 0 Å². The van der Waals surface area contributed by atoms with Crippen molar-refractivity contribution in [1.82, 2.24) is 19.6 Å². The van der Waals surface area contributed by atoms with E-state index < -0.39 is 0 Å². The second-order valence-corrected chi connectivity index (χ2v) is 7.10. The fraction of sp³-hybridized carbons (Fsp3) is 0.529. The van der Waals surface area contributed by atoms with Gasteiger partial charge in [0.05, 0.1) is 12.2 Å². The number of halogens is 1. The Morgan fingerprint density at radius 1 is 1.35 bits per heavy atom. The van der Waals surface area contributed by atoms with E-state index in [2.05, 4.69) is 45.0 Å². The van der Waals surface area contributed by atoms with Crippen LogP contribution >= 0.6 is 15.9 Å². The number of rotatable bonds is 3. The van der Waals surface area contributed by atoms with Gasteiger partial charge in [-0.3, -0.25) is 0 Å². The van der Waals surface area contributed by atoms with E-state index in [-0.39, 0.29) is 0 Å². The molecule has 0 atom stereocenters. The number of nitrogens with one attached hydrogen (secondary N) is 1. The van der Waals surface area contributed by atoms with E-state index in [0.29, 0.717) is 6.54 Å². The smallest absolute Gasteiger partial charge is 0.194 e. The predicted octanol–water partition coefficient (Wildman–Crippen LogP) is 3.29. The Bertz CT molecular complexity index is 685. The molecule has 0 unspecified atom stereocenters. The Labute approximate surface area is 145 Å². The molecule has 1 fully saturated rings. The second-order valence-electron chi connectivity index (χ2n) is 6.18. The van der Waals surface area contributed by atoms with Crippen molar-refractivity contribution in [1.29, 1.82) is 0 Å². The van der Waals surface area contributed by atoms with Gasteiger partial charge < -0.3 is 14.6 Å². The molecule has 0 amide bonds. The zero-order chi connectivity index (χ0) is 16.2. The molecule has 2 aromatic heterocycles. The maximum Gasteiger partial charge on any atom is 0.194 e. The molecule has 3 rings (SSSR count). The maximum atomic E-state index is 4.79. The van der Waals surface area contributed by atoms with Gasteiger partial charge in [0.25, 0.3) is 0 Å². The van der Waals surface area contributed by atoms with E-state index in [9.17, 15) is 0 Å². The molecule has 3 heterocycles. The highest BCUT2D eigenvalue weighted by molar-refractivity contribution is 9.10. The van der Waals surface area contributed by atoms with Crippen LogP contribution in [0.25, 0.3) is 5.65 Å². The van der Waals surface area contributed by atoms with Gasteiger partial charge in [-0.25, -0.2) is 9.98 Å². The molecule has 23 heavy (non-hydrogen) atoms. The summed E-state index contributed by atoms with van der Waals surface area (Å²) in [5, 5.41) is 3.41. The highest BCUT2D eigenvalue weighted by Gasteiger charge is 2.18. The summed E-state index contributed by atoms with van der Waals surface area (Å²) in [5.74, 6) is 1.84. The molecule has 1 aliphatic rings. The lowest BCUT2D eigenvalue weighted by molar-refractivity contribution is 0.273. The summed E-state index contributed by atoms with van der Waals surface area (Å²) in [6.45, 7) is 8.12. The number of hydrogen-bond acceptors (Lipinski definition) is 2. The fourth-order valence-electron chi connectivity index (χ4n) is 2.90. The van der Waals surface area contributed by atoms with Crippen molar-refractivity contribution in [2.24, 2.45) is 10.9 Å². The van der Waals surface area contributed by atoms with Crippen molar-refractivity contribution in [3.63, 3.8) is 0 Å². The first kappa shape index (κ1) is 16.3. The number of fused-ring (bicyclic) bond motifs is 1. The summed E-state index contributed by atoms with van der Waals surface area (Å²) in [5.41, 5.74) is 1.94. The van der Waals surface area contributed by atoms with Crippen molar-refractivity contribution in [3.8, 4) is 0 Å². The average molecular weight is 378 g/mol. The lowest BCUT2D eigenvalue weighted by Gasteiger charge is -2.32. The molecule has 0 saturated carbocycles. The second kappa shape index (κ2) is 7.34. The first-order valence-electron chi connectivity index (χ1n) is 8.32. The lowest BCUT2D eigenvalue weighted by Crippen LogP contribution is -2.45. The minimum atomic E-state index is 0.605. The molecule has 0 aliphatic carbocycles. The number of aliphatic imine (C=N–C) groups is 1. The SMILES string of the molecule is CCNC(=NCc1cn2cc(Br)ccc2n1)N1CCC(C)CC1. The van der Waals surface area contributed by atoms with Gasteiger partial charge in [-0.15, -0.1) is 0 Å². The third-order valence-corrected chi connectivity index (χ3v) is 4.74. The molecule has 124 valence electrons. The van der Waals surface area contributed by atoms with Crippen molar-refractivity contribution >= 4 is 27.5 Å². The van der Waals surface area contributed by atoms with Crippen LogP contribution in [0.1, 0.15) is 32.4 Å². The number of pyridine rings is 1. The quantitative estimate of drug-likeness (QED) is 0.659. The normalized spacial score (nSPS) is 17.0. The van der Waals surface area contributed by atoms with Gasteiger partial charge in [0.15, 0.2) is 5.96 Å². The zero-order valence-corrected chi connectivity index (χ0v) is 15.4. The van der Waals surface area contributed by atoms with Crippen molar-refractivity contribution < 1.29 is 0 Å². The Balaban J connectivity index is 1.73. The van der Waals surface area contributed by atoms with Gasteiger partial charge in [0, 0.05) is 36.5 Å². The van der Waals surface area contributed by atoms with Gasteiger partial charge >= 0.3 is 0 Å². The standard InChI is InChI=1S/C17H24BrN5/c1-3-19-17(22-8-6-13(2)7-9-22)20-10-15-12-23-11-14(18)4-5-16(23)21-15/h4-5,11-13H,3,6-10H2,1-2H3,(H,19,20). The number of likely N-dealkylation sites (tertiary alicyclic amines) is 1. The van der Waals surface area contributed by atoms with E-state index in [1.807, 2.05) is 28.9 Å². The number of nitrogens with zero attached hydrogens (tertiary/aromatic N) is 4. The molecule has 0 aromatic carbocycles. The van der Waals surface area contributed by atoms with Crippen LogP contribution in [-0.2, 0) is 6.54 Å². The monoisotopic (exact) mass is 377 g/mol. The fourth-order valence-corrected chi connectivity index (χ4v) is 3.25. The minimum Gasteiger partial charge on any atom is -0.357 e. The third-order valence-electron chi connectivity index (χ3n) is 4.27. The topological polar surface area (TPSA) is 44.9 Å². The average Bonchev–Trinajstić information content (AvgIpc) is 2.94. The van der Waals surface area contributed by atoms with Gasteiger partial charge in [0.1, 0.15) is 5.65 Å². The Hall–Kier alpha value is -1.56. The molecule has 0 radical (unpaired) electrons. The summed E-state index contributed by atoms with van der Waals surface area (Å²) >= 11 is 3.49. The van der Waals surface area contributed by atoms with E-state index in [1.54, 1.807) is 0 Å². The highest BCUT2D eigenvalue weighted by atomic mass is 79.9. The number of piperidine rings is 1. The third kappa shape index (κ3) is 4.05. The largest absolute Gasteiger partial charge is 0.357 e. The van der Waals surface area contributed by atoms with Crippen LogP contribution in [0.2, 0.25) is 0 Å². The minimum absolute atomic E-state index is 0.605. The van der Waals surface area contributed by atoms with Crippen LogP contribution in [0.3, 0.4) is 0 Å². The molecule has 6 heteroatoms. The maximum absolute atomic E-state index is 4.79. The lowest BCUT2D eigenvalue weighted by atomic mass is 10.00. The Morgan fingerprint density at radius 3 is 2.87 bits per heavy atom. The summed E-state index contributed by atoms with van der Waals surface area (Å²) in [4.78, 5) is 11.8. The number of imidazole rings is 1. The number of hydrogen-bond donors (Lipinski definition) is 1. The van der Waals surface area contributed by atoms with E-state index in [1.165, 1.54) is 12.8 Å². The van der Waals surface area contributed by atoms with Crippen LogP contribution in [-0.4, -0.2) is 39.9 Å². The van der Waals surface area contributed by atoms with E-state index in [4.69, 9.17) is 4.99 Å². The molecular formula is C17H24BrN5. The van der Waals surface area contributed by atoms with Crippen LogP contribution in [0, 0.1) is 5.92 Å². The van der Waals surface area contributed by atoms with Crippen molar-refractivity contribution in [2.75, 3.05) is 19.6 Å². The highest BCUT2D eigenvalue weighted by Crippen LogP contribution is 2.16. The molecule has 0 spiro atoms. The van der Waals surface area contributed by atoms with Crippen molar-refractivity contribution in [3.05, 3.63) is 34.7 Å². The molecule has 2 aromatic rings. The van der Waals surface area contributed by atoms with Crippen LogP contribution in [0.15, 0.2) is 34.0 Å². The van der Waals surface area contributed by atoms with Crippen LogP contribution in [0.4, 0.5) is 0 Å². The summed E-state index contributed by atoms with van der Waals surface area (Å²) in [7, 11) is 0. The van der Waals surface area contributed by atoms with Gasteiger partial charge in [-0.2, -0.15) is 0 Å². The molecule has 0 bridgehead atoms. The number of guanidine groups is 1. The summed E-state index contributed by atoms with van der Waals surface area (Å²) in [6.07, 6.45) is 6.55. The zero-order valence-electron chi connectivity index (χ0n) is 13.8. The molecule has 1 aliphatic heterocycles. The van der Waals surface area contributed by atoms with E-state index in [0.717, 1.165) is 47.3 Å². The van der Waals surface area contributed by atoms with Gasteiger partial charge in [-0.1, -0.05) is 6.92 Å².